The van der Waals surface area contributed by atoms with E-state index >= 15 is 0 Å². The third-order valence-corrected chi connectivity index (χ3v) is 6.19. The molecule has 6 nitrogen and oxygen atoms in total. The van der Waals surface area contributed by atoms with Crippen LogP contribution in [0.15, 0.2) is 24.3 Å². The van der Waals surface area contributed by atoms with Crippen molar-refractivity contribution in [3.63, 3.8) is 0 Å². The first-order chi connectivity index (χ1) is 11.3. The van der Waals surface area contributed by atoms with Gasteiger partial charge in [0.1, 0.15) is 11.4 Å². The average molecular weight is 356 g/mol. The Morgan fingerprint density at radius 2 is 2.04 bits per heavy atom. The number of methoxy groups -OCH3 is 1. The van der Waals surface area contributed by atoms with E-state index in [1.54, 1.807) is 14.0 Å². The van der Waals surface area contributed by atoms with Crippen LogP contribution in [0.1, 0.15) is 32.3 Å². The molecule has 0 amide bonds. The number of likely N-dealkylation sites (tertiary alicyclic amines) is 1. The standard InChI is InChI=1S/C17H28N2O4S/c1-4-24(21,22)18-11-13-19-12-5-6-16(19)17(2,20)14-7-9-15(23-3)10-8-14/h7-10,16,18,20H,4-6,11-13H2,1-3H3/t16-,17+/m0/s1. The van der Waals surface area contributed by atoms with Gasteiger partial charge in [-0.05, 0) is 50.9 Å². The number of nitrogens with zero attached hydrogens (tertiary/aromatic N) is 1. The van der Waals surface area contributed by atoms with E-state index < -0.39 is 15.6 Å². The van der Waals surface area contributed by atoms with Gasteiger partial charge in [0, 0.05) is 19.1 Å². The molecule has 0 bridgehead atoms. The smallest absolute Gasteiger partial charge is 0.211 e. The van der Waals surface area contributed by atoms with Crippen molar-refractivity contribution in [3.8, 4) is 5.75 Å². The lowest BCUT2D eigenvalue weighted by molar-refractivity contribution is -0.0222. The van der Waals surface area contributed by atoms with E-state index in [0.29, 0.717) is 13.1 Å². The Kier molecular flexibility index (Phi) is 6.25. The fraction of sp³-hybridized carbons (Fsp3) is 0.647. The van der Waals surface area contributed by atoms with Gasteiger partial charge >= 0.3 is 0 Å². The predicted octanol–water partition coefficient (Wildman–Crippen LogP) is 1.31. The second-order valence-electron chi connectivity index (χ2n) is 6.37. The van der Waals surface area contributed by atoms with Crippen LogP contribution in [0.4, 0.5) is 0 Å². The van der Waals surface area contributed by atoms with E-state index in [-0.39, 0.29) is 11.8 Å². The molecule has 2 atom stereocenters. The summed E-state index contributed by atoms with van der Waals surface area (Å²) < 4.78 is 30.8. The first-order valence-corrected chi connectivity index (χ1v) is 10.0. The van der Waals surface area contributed by atoms with Crippen LogP contribution in [0.25, 0.3) is 0 Å². The van der Waals surface area contributed by atoms with Crippen molar-refractivity contribution in [3.05, 3.63) is 29.8 Å². The molecule has 0 spiro atoms. The van der Waals surface area contributed by atoms with E-state index in [9.17, 15) is 13.5 Å². The zero-order chi connectivity index (χ0) is 17.8. The van der Waals surface area contributed by atoms with Crippen LogP contribution in [0.3, 0.4) is 0 Å². The molecule has 24 heavy (non-hydrogen) atoms. The zero-order valence-corrected chi connectivity index (χ0v) is 15.5. The highest BCUT2D eigenvalue weighted by Crippen LogP contribution is 2.35. The minimum atomic E-state index is -3.18. The molecule has 1 aliphatic rings. The van der Waals surface area contributed by atoms with E-state index in [0.717, 1.165) is 30.7 Å². The van der Waals surface area contributed by atoms with Gasteiger partial charge in [0.2, 0.25) is 10.0 Å². The molecule has 0 aliphatic carbocycles. The number of nitrogens with one attached hydrogen (secondary N) is 1. The van der Waals surface area contributed by atoms with Crippen molar-refractivity contribution in [1.82, 2.24) is 9.62 Å². The highest BCUT2D eigenvalue weighted by atomic mass is 32.2. The van der Waals surface area contributed by atoms with Crippen LogP contribution in [0.5, 0.6) is 5.75 Å². The SMILES string of the molecule is CCS(=O)(=O)NCCN1CCC[C@H]1[C@](C)(O)c1ccc(OC)cc1. The third-order valence-electron chi connectivity index (χ3n) is 4.79. The molecule has 136 valence electrons. The summed E-state index contributed by atoms with van der Waals surface area (Å²) in [6, 6.07) is 7.43. The number of hydrogen-bond donors (Lipinski definition) is 2. The first kappa shape index (κ1) is 19.2. The maximum Gasteiger partial charge on any atom is 0.211 e. The number of sulfonamides is 1. The Hall–Kier alpha value is -1.15. The number of ether oxygens (including phenoxy) is 1. The third kappa shape index (κ3) is 4.47. The van der Waals surface area contributed by atoms with E-state index in [1.165, 1.54) is 0 Å². The Morgan fingerprint density at radius 3 is 2.62 bits per heavy atom. The summed E-state index contributed by atoms with van der Waals surface area (Å²) in [5.41, 5.74) is -0.152. The van der Waals surface area contributed by atoms with Crippen molar-refractivity contribution in [2.75, 3.05) is 32.5 Å². The molecule has 1 heterocycles. The van der Waals surface area contributed by atoms with Gasteiger partial charge in [0.05, 0.1) is 12.9 Å². The molecule has 1 saturated heterocycles. The lowest BCUT2D eigenvalue weighted by Gasteiger charge is -2.37. The normalized spacial score (nSPS) is 21.6. The lowest BCUT2D eigenvalue weighted by Crippen LogP contribution is -2.48. The Morgan fingerprint density at radius 1 is 1.38 bits per heavy atom. The molecule has 0 aromatic heterocycles. The molecule has 1 aromatic carbocycles. The van der Waals surface area contributed by atoms with Crippen LogP contribution in [-0.4, -0.2) is 57.0 Å². The number of hydrogen-bond acceptors (Lipinski definition) is 5. The summed E-state index contributed by atoms with van der Waals surface area (Å²) in [6.45, 7) is 5.27. The van der Waals surface area contributed by atoms with E-state index in [1.807, 2.05) is 31.2 Å². The molecule has 1 fully saturated rings. The minimum absolute atomic E-state index is 0.0305. The summed E-state index contributed by atoms with van der Waals surface area (Å²) in [5.74, 6) is 0.840. The topological polar surface area (TPSA) is 78.9 Å². The molecular weight excluding hydrogens is 328 g/mol. The Bertz CT molecular complexity index is 628. The Labute approximate surface area is 144 Å². The van der Waals surface area contributed by atoms with Gasteiger partial charge < -0.3 is 9.84 Å². The number of aliphatic hydroxyl groups is 1. The molecular formula is C17H28N2O4S. The van der Waals surface area contributed by atoms with E-state index in [4.69, 9.17) is 4.74 Å². The van der Waals surface area contributed by atoms with Crippen molar-refractivity contribution in [2.24, 2.45) is 0 Å². The summed E-state index contributed by atoms with van der Waals surface area (Å²) >= 11 is 0. The maximum atomic E-state index is 11.5. The number of rotatable bonds is 8. The van der Waals surface area contributed by atoms with Gasteiger partial charge in [-0.2, -0.15) is 0 Å². The number of benzene rings is 1. The lowest BCUT2D eigenvalue weighted by atomic mass is 9.86. The Balaban J connectivity index is 2.04. The second kappa shape index (κ2) is 7.82. The summed E-state index contributed by atoms with van der Waals surface area (Å²) in [5, 5.41) is 11.1. The van der Waals surface area contributed by atoms with Crippen molar-refractivity contribution in [1.29, 1.82) is 0 Å². The van der Waals surface area contributed by atoms with Gasteiger partial charge in [-0.1, -0.05) is 12.1 Å². The molecule has 2 N–H and O–H groups in total. The van der Waals surface area contributed by atoms with Crippen LogP contribution in [0.2, 0.25) is 0 Å². The van der Waals surface area contributed by atoms with Crippen molar-refractivity contribution in [2.45, 2.75) is 38.3 Å². The first-order valence-electron chi connectivity index (χ1n) is 8.38. The van der Waals surface area contributed by atoms with Gasteiger partial charge in [0.15, 0.2) is 0 Å². The zero-order valence-electron chi connectivity index (χ0n) is 14.7. The molecule has 0 unspecified atom stereocenters. The van der Waals surface area contributed by atoms with Crippen LogP contribution in [-0.2, 0) is 15.6 Å². The molecule has 0 saturated carbocycles. The van der Waals surface area contributed by atoms with Gasteiger partial charge in [-0.25, -0.2) is 13.1 Å². The molecule has 2 rings (SSSR count). The van der Waals surface area contributed by atoms with Crippen molar-refractivity contribution < 1.29 is 18.3 Å². The fourth-order valence-corrected chi connectivity index (χ4v) is 3.90. The fourth-order valence-electron chi connectivity index (χ4n) is 3.30. The monoisotopic (exact) mass is 356 g/mol. The predicted molar refractivity (Wildman–Crippen MR) is 94.6 cm³/mol. The van der Waals surface area contributed by atoms with Gasteiger partial charge in [-0.15, -0.1) is 0 Å². The van der Waals surface area contributed by atoms with Gasteiger partial charge in [-0.3, -0.25) is 4.90 Å². The summed E-state index contributed by atoms with van der Waals surface area (Å²) in [7, 11) is -1.56. The quantitative estimate of drug-likeness (QED) is 0.734. The van der Waals surface area contributed by atoms with Crippen LogP contribution < -0.4 is 9.46 Å². The van der Waals surface area contributed by atoms with Crippen LogP contribution in [0, 0.1) is 0 Å². The second-order valence-corrected chi connectivity index (χ2v) is 8.46. The molecule has 7 heteroatoms. The highest BCUT2D eigenvalue weighted by molar-refractivity contribution is 7.89. The van der Waals surface area contributed by atoms with E-state index in [2.05, 4.69) is 9.62 Å². The highest BCUT2D eigenvalue weighted by Gasteiger charge is 2.40. The maximum absolute atomic E-state index is 11.5. The minimum Gasteiger partial charge on any atom is -0.497 e. The van der Waals surface area contributed by atoms with Crippen molar-refractivity contribution >= 4 is 10.0 Å². The molecule has 1 aromatic rings. The average Bonchev–Trinajstić information content (AvgIpc) is 3.04. The summed E-state index contributed by atoms with van der Waals surface area (Å²) in [4.78, 5) is 2.17. The molecule has 1 aliphatic heterocycles. The molecule has 0 radical (unpaired) electrons. The summed E-state index contributed by atoms with van der Waals surface area (Å²) in [6.07, 6.45) is 1.89. The van der Waals surface area contributed by atoms with Gasteiger partial charge in [0.25, 0.3) is 0 Å². The largest absolute Gasteiger partial charge is 0.497 e. The van der Waals surface area contributed by atoms with Crippen LogP contribution >= 0.6 is 0 Å².